The Morgan fingerprint density at radius 1 is 0.712 bits per heavy atom. The second-order valence-corrected chi connectivity index (χ2v) is 16.5. The molecule has 2 saturated heterocycles. The molecule has 0 spiro atoms. The van der Waals surface area contributed by atoms with Crippen molar-refractivity contribution >= 4 is 65.1 Å². The molecule has 15 N–H and O–H groups in total. The van der Waals surface area contributed by atoms with E-state index in [4.69, 9.17) is 22.9 Å². The van der Waals surface area contributed by atoms with Crippen LogP contribution in [0.2, 0.25) is 0 Å². The predicted molar refractivity (Wildman–Crippen MR) is 238 cm³/mol. The number of rotatable bonds is 26. The van der Waals surface area contributed by atoms with E-state index in [1.54, 1.807) is 30.3 Å². The zero-order valence-corrected chi connectivity index (χ0v) is 37.4. The lowest BCUT2D eigenvalue weighted by molar-refractivity contribution is -0.142. The van der Waals surface area contributed by atoms with Crippen LogP contribution >= 0.6 is 0 Å². The zero-order chi connectivity index (χ0) is 48.9. The monoisotopic (exact) mass is 927 g/mol. The van der Waals surface area contributed by atoms with Gasteiger partial charge in [-0.2, -0.15) is 0 Å². The molecule has 24 heteroatoms. The summed E-state index contributed by atoms with van der Waals surface area (Å²) in [4.78, 5) is 136. The number of aliphatic carboxylic acids is 1. The summed E-state index contributed by atoms with van der Waals surface area (Å²) in [7, 11) is 0. The van der Waals surface area contributed by atoms with Gasteiger partial charge in [0.25, 0.3) is 0 Å². The molecule has 0 bridgehead atoms. The van der Waals surface area contributed by atoms with Gasteiger partial charge in [0.15, 0.2) is 5.96 Å². The van der Waals surface area contributed by atoms with E-state index in [-0.39, 0.29) is 96.0 Å². The lowest BCUT2D eigenvalue weighted by Gasteiger charge is -2.29. The summed E-state index contributed by atoms with van der Waals surface area (Å²) in [5.41, 5.74) is 22.1. The highest BCUT2D eigenvalue weighted by molar-refractivity contribution is 5.97. The van der Waals surface area contributed by atoms with E-state index in [1.165, 1.54) is 9.80 Å². The quantitative estimate of drug-likeness (QED) is 0.0239. The highest BCUT2D eigenvalue weighted by Gasteiger charge is 2.39. The molecule has 0 aromatic heterocycles. The van der Waals surface area contributed by atoms with Crippen LogP contribution in [0.25, 0.3) is 0 Å². The summed E-state index contributed by atoms with van der Waals surface area (Å²) in [6.45, 7) is 2.78. The van der Waals surface area contributed by atoms with Gasteiger partial charge in [-0.1, -0.05) is 44.2 Å². The van der Waals surface area contributed by atoms with Crippen LogP contribution in [-0.2, 0) is 54.4 Å². The Morgan fingerprint density at radius 2 is 1.24 bits per heavy atom. The van der Waals surface area contributed by atoms with E-state index < -0.39 is 102 Å². The van der Waals surface area contributed by atoms with E-state index in [1.807, 2.05) is 13.8 Å². The number of amides is 9. The van der Waals surface area contributed by atoms with Crippen LogP contribution in [0.4, 0.5) is 0 Å². The first-order chi connectivity index (χ1) is 31.3. The van der Waals surface area contributed by atoms with Gasteiger partial charge < -0.3 is 69.7 Å². The summed E-state index contributed by atoms with van der Waals surface area (Å²) in [6, 6.07) is 1.53. The SMILES string of the molecule is CC(C)C[C@H](NC(=O)[C@@H]1CCCN1C(=O)CNC(=O)[C@H](CCC(N)=O)NC(=O)[C@@H]1CCCN1C(=O)CNC(=O)CN)C(=O)N[C@@H](CCCN=C(N)N)C(=O)N[C@@H](Cc1ccccc1)C(=O)O. The molecule has 2 aliphatic rings. The van der Waals surface area contributed by atoms with Gasteiger partial charge >= 0.3 is 5.97 Å². The summed E-state index contributed by atoms with van der Waals surface area (Å²) in [6.07, 6.45) is 1.16. The van der Waals surface area contributed by atoms with Gasteiger partial charge in [0.1, 0.15) is 36.3 Å². The van der Waals surface area contributed by atoms with E-state index in [0.29, 0.717) is 18.4 Å². The number of nitrogens with two attached hydrogens (primary N) is 4. The Kier molecular flexibility index (Phi) is 21.7. The standard InChI is InChI=1S/C42H65N13O11/c1-24(2)19-28(38(62)50-26(11-6-16-47-42(45)46)37(61)53-29(41(65)66)20-25-9-4-3-5-10-25)52-40(64)31-13-8-18-55(31)35(59)23-49-36(60)27(14-15-32(44)56)51-39(63)30-12-7-17-54(30)34(58)22-48-33(57)21-43/h3-5,9-10,24,26-31H,6-8,11-23,43H2,1-2H3,(H2,44,56)(H,48,57)(H,49,60)(H,50,62)(H,51,63)(H,52,64)(H,53,61)(H,65,66)(H4,45,46,47)/t26-,27-,28-,29-,30-,31-/m0/s1. The van der Waals surface area contributed by atoms with E-state index in [2.05, 4.69) is 36.9 Å². The number of hydrogen-bond acceptors (Lipinski definition) is 12. The first kappa shape index (κ1) is 53.5. The molecule has 0 unspecified atom stereocenters. The molecule has 364 valence electrons. The van der Waals surface area contributed by atoms with Crippen molar-refractivity contribution in [3.63, 3.8) is 0 Å². The van der Waals surface area contributed by atoms with Crippen LogP contribution in [-0.4, -0.2) is 156 Å². The lowest BCUT2D eigenvalue weighted by Crippen LogP contribution is -2.58. The van der Waals surface area contributed by atoms with Crippen molar-refractivity contribution in [3.8, 4) is 0 Å². The number of hydrogen-bond donors (Lipinski definition) is 11. The van der Waals surface area contributed by atoms with Gasteiger partial charge in [-0.05, 0) is 62.8 Å². The first-order valence-corrected chi connectivity index (χ1v) is 22.0. The highest BCUT2D eigenvalue weighted by atomic mass is 16.4. The van der Waals surface area contributed by atoms with Crippen LogP contribution in [0, 0.1) is 5.92 Å². The molecular weight excluding hydrogens is 863 g/mol. The number of carbonyl (C=O) groups is 10. The van der Waals surface area contributed by atoms with Crippen LogP contribution in [0.3, 0.4) is 0 Å². The molecule has 6 atom stereocenters. The van der Waals surface area contributed by atoms with Crippen molar-refractivity contribution < 1.29 is 53.1 Å². The topological polar surface area (TPSA) is 386 Å². The molecule has 0 aliphatic carbocycles. The molecule has 0 saturated carbocycles. The number of benzene rings is 1. The number of likely N-dealkylation sites (tertiary alicyclic amines) is 2. The number of carboxylic acids is 1. The zero-order valence-electron chi connectivity index (χ0n) is 37.4. The minimum Gasteiger partial charge on any atom is -0.480 e. The Bertz CT molecular complexity index is 1930. The van der Waals surface area contributed by atoms with Gasteiger partial charge in [0.2, 0.25) is 53.2 Å². The Balaban J connectivity index is 1.69. The first-order valence-electron chi connectivity index (χ1n) is 22.0. The maximum Gasteiger partial charge on any atom is 0.326 e. The summed E-state index contributed by atoms with van der Waals surface area (Å²) in [5, 5.41) is 25.2. The third-order valence-electron chi connectivity index (χ3n) is 10.9. The van der Waals surface area contributed by atoms with Gasteiger partial charge in [-0.25, -0.2) is 4.79 Å². The summed E-state index contributed by atoms with van der Waals surface area (Å²) in [5.74, 6) is -7.81. The molecule has 9 amide bonds. The van der Waals surface area contributed by atoms with E-state index >= 15 is 0 Å². The molecule has 1 aromatic carbocycles. The third kappa shape index (κ3) is 17.6. The number of guanidine groups is 1. The van der Waals surface area contributed by atoms with Gasteiger partial charge in [-0.15, -0.1) is 0 Å². The van der Waals surface area contributed by atoms with Gasteiger partial charge in [0.05, 0.1) is 19.6 Å². The number of aliphatic imine (C=N–C) groups is 1. The van der Waals surface area contributed by atoms with E-state index in [9.17, 15) is 53.1 Å². The van der Waals surface area contributed by atoms with Crippen molar-refractivity contribution in [2.45, 2.75) is 114 Å². The van der Waals surface area contributed by atoms with Gasteiger partial charge in [-0.3, -0.25) is 48.1 Å². The van der Waals surface area contributed by atoms with Crippen LogP contribution in [0.15, 0.2) is 35.3 Å². The molecule has 2 fully saturated rings. The Morgan fingerprint density at radius 3 is 1.77 bits per heavy atom. The Labute approximate surface area is 382 Å². The van der Waals surface area contributed by atoms with Crippen LogP contribution in [0.5, 0.6) is 0 Å². The van der Waals surface area contributed by atoms with Crippen LogP contribution in [0.1, 0.15) is 77.2 Å². The number of nitrogens with zero attached hydrogens (tertiary/aromatic N) is 3. The fourth-order valence-corrected chi connectivity index (χ4v) is 7.57. The minimum absolute atomic E-state index is 0.00722. The highest BCUT2D eigenvalue weighted by Crippen LogP contribution is 2.20. The molecule has 0 radical (unpaired) electrons. The smallest absolute Gasteiger partial charge is 0.326 e. The second-order valence-electron chi connectivity index (χ2n) is 16.5. The van der Waals surface area contributed by atoms with Crippen molar-refractivity contribution in [2.75, 3.05) is 39.3 Å². The average molecular weight is 928 g/mol. The molecule has 66 heavy (non-hydrogen) atoms. The average Bonchev–Trinajstić information content (AvgIpc) is 3.98. The number of nitrogens with one attached hydrogen (secondary N) is 6. The maximum absolute atomic E-state index is 13.9. The summed E-state index contributed by atoms with van der Waals surface area (Å²) < 4.78 is 0. The van der Waals surface area contributed by atoms with Crippen molar-refractivity contribution in [1.29, 1.82) is 0 Å². The second kappa shape index (κ2) is 26.8. The van der Waals surface area contributed by atoms with Crippen molar-refractivity contribution in [1.82, 2.24) is 41.7 Å². The van der Waals surface area contributed by atoms with Crippen molar-refractivity contribution in [2.24, 2.45) is 33.8 Å². The predicted octanol–water partition coefficient (Wildman–Crippen LogP) is -4.21. The van der Waals surface area contributed by atoms with Crippen LogP contribution < -0.4 is 54.8 Å². The molecular formula is C42H65N13O11. The largest absolute Gasteiger partial charge is 0.480 e. The molecule has 1 aromatic rings. The minimum atomic E-state index is -1.34. The van der Waals surface area contributed by atoms with E-state index in [0.717, 1.165) is 0 Å². The fraction of sp³-hybridized carbons (Fsp3) is 0.595. The number of carbonyl (C=O) groups excluding carboxylic acids is 9. The molecule has 2 aliphatic heterocycles. The lowest BCUT2D eigenvalue weighted by atomic mass is 10.0. The van der Waals surface area contributed by atoms with Crippen molar-refractivity contribution in [3.05, 3.63) is 35.9 Å². The number of primary amides is 1. The molecule has 3 rings (SSSR count). The third-order valence-corrected chi connectivity index (χ3v) is 10.9. The number of carboxylic acid groups (broad SMARTS) is 1. The van der Waals surface area contributed by atoms with Gasteiger partial charge in [0, 0.05) is 32.5 Å². The molecule has 24 nitrogen and oxygen atoms in total. The Hall–Kier alpha value is -6.85. The molecule has 2 heterocycles. The summed E-state index contributed by atoms with van der Waals surface area (Å²) >= 11 is 0. The maximum atomic E-state index is 13.9. The normalized spacial score (nSPS) is 17.3. The fourth-order valence-electron chi connectivity index (χ4n) is 7.57.